The Labute approximate surface area is 122 Å². The second kappa shape index (κ2) is 5.21. The number of nitrogens with one attached hydrogen (secondary N) is 1. The number of ether oxygens (including phenoxy) is 1. The second-order valence-electron chi connectivity index (χ2n) is 7.74. The Hall–Kier alpha value is -0.770. The molecule has 2 unspecified atom stereocenters. The SMILES string of the molecule is CC(C)(C)OC(=O)N1CC2C(C1)C2NC1CCCCC1. The Kier molecular flexibility index (Phi) is 3.69. The van der Waals surface area contributed by atoms with E-state index in [1.807, 2.05) is 25.7 Å². The van der Waals surface area contributed by atoms with E-state index in [0.29, 0.717) is 17.9 Å². The Bertz CT molecular complexity index is 359. The highest BCUT2D eigenvalue weighted by Gasteiger charge is 2.57. The van der Waals surface area contributed by atoms with Crippen LogP contribution in [0.2, 0.25) is 0 Å². The molecule has 4 nitrogen and oxygen atoms in total. The van der Waals surface area contributed by atoms with E-state index in [0.717, 1.165) is 19.1 Å². The van der Waals surface area contributed by atoms with E-state index in [4.69, 9.17) is 4.74 Å². The first-order chi connectivity index (χ1) is 9.44. The van der Waals surface area contributed by atoms with E-state index in [1.165, 1.54) is 32.1 Å². The van der Waals surface area contributed by atoms with Crippen molar-refractivity contribution < 1.29 is 9.53 Å². The molecule has 2 saturated carbocycles. The van der Waals surface area contributed by atoms with Crippen LogP contribution in [-0.2, 0) is 4.74 Å². The van der Waals surface area contributed by atoms with Crippen molar-refractivity contribution in [3.63, 3.8) is 0 Å². The lowest BCUT2D eigenvalue weighted by molar-refractivity contribution is 0.0268. The highest BCUT2D eigenvalue weighted by molar-refractivity contribution is 5.69. The number of nitrogens with zero attached hydrogens (tertiary/aromatic N) is 1. The van der Waals surface area contributed by atoms with Gasteiger partial charge in [-0.05, 0) is 45.4 Å². The van der Waals surface area contributed by atoms with Crippen LogP contribution in [0.1, 0.15) is 52.9 Å². The third-order valence-corrected chi connectivity index (χ3v) is 4.88. The summed E-state index contributed by atoms with van der Waals surface area (Å²) in [5.74, 6) is 1.34. The summed E-state index contributed by atoms with van der Waals surface area (Å²) < 4.78 is 5.44. The third kappa shape index (κ3) is 3.11. The van der Waals surface area contributed by atoms with Crippen LogP contribution in [0.15, 0.2) is 0 Å². The molecule has 20 heavy (non-hydrogen) atoms. The monoisotopic (exact) mass is 280 g/mol. The zero-order valence-electron chi connectivity index (χ0n) is 13.0. The molecule has 2 atom stereocenters. The maximum atomic E-state index is 12.0. The van der Waals surface area contributed by atoms with Crippen LogP contribution in [0, 0.1) is 11.8 Å². The van der Waals surface area contributed by atoms with E-state index in [-0.39, 0.29) is 11.7 Å². The van der Waals surface area contributed by atoms with E-state index >= 15 is 0 Å². The van der Waals surface area contributed by atoms with Gasteiger partial charge in [0.25, 0.3) is 0 Å². The van der Waals surface area contributed by atoms with Gasteiger partial charge in [-0.1, -0.05) is 19.3 Å². The fourth-order valence-electron chi connectivity index (χ4n) is 3.79. The summed E-state index contributed by atoms with van der Waals surface area (Å²) in [5, 5.41) is 3.82. The van der Waals surface area contributed by atoms with E-state index in [9.17, 15) is 4.79 Å². The number of carbonyl (C=O) groups excluding carboxylic acids is 1. The molecule has 3 aliphatic rings. The van der Waals surface area contributed by atoms with E-state index in [1.54, 1.807) is 0 Å². The summed E-state index contributed by atoms with van der Waals surface area (Å²) in [6.07, 6.45) is 6.70. The van der Waals surface area contributed by atoms with Crippen molar-refractivity contribution >= 4 is 6.09 Å². The number of carbonyl (C=O) groups is 1. The van der Waals surface area contributed by atoms with Gasteiger partial charge in [0.05, 0.1) is 0 Å². The lowest BCUT2D eigenvalue weighted by Crippen LogP contribution is -2.41. The summed E-state index contributed by atoms with van der Waals surface area (Å²) in [7, 11) is 0. The Morgan fingerprint density at radius 2 is 1.70 bits per heavy atom. The molecule has 3 rings (SSSR count). The van der Waals surface area contributed by atoms with Gasteiger partial charge >= 0.3 is 6.09 Å². The van der Waals surface area contributed by atoms with Gasteiger partial charge < -0.3 is 15.0 Å². The molecular weight excluding hydrogens is 252 g/mol. The first-order valence-corrected chi connectivity index (χ1v) is 8.18. The Balaban J connectivity index is 1.42. The van der Waals surface area contributed by atoms with Crippen molar-refractivity contribution in [2.24, 2.45) is 11.8 Å². The van der Waals surface area contributed by atoms with Crippen LogP contribution in [0.5, 0.6) is 0 Å². The number of rotatable bonds is 2. The molecule has 1 saturated heterocycles. The lowest BCUT2D eigenvalue weighted by atomic mass is 9.95. The molecule has 0 radical (unpaired) electrons. The maximum Gasteiger partial charge on any atom is 0.410 e. The minimum absolute atomic E-state index is 0.138. The third-order valence-electron chi connectivity index (χ3n) is 4.88. The molecule has 3 fully saturated rings. The van der Waals surface area contributed by atoms with E-state index in [2.05, 4.69) is 5.32 Å². The fourth-order valence-corrected chi connectivity index (χ4v) is 3.79. The van der Waals surface area contributed by atoms with Gasteiger partial charge in [0.1, 0.15) is 5.60 Å². The standard InChI is InChI=1S/C16H28N2O2/c1-16(2,3)20-15(19)18-9-12-13(10-18)14(12)17-11-7-5-4-6-8-11/h11-14,17H,4-10H2,1-3H3. The minimum Gasteiger partial charge on any atom is -0.444 e. The van der Waals surface area contributed by atoms with Gasteiger partial charge in [-0.25, -0.2) is 4.79 Å². The van der Waals surface area contributed by atoms with Gasteiger partial charge in [-0.3, -0.25) is 0 Å². The van der Waals surface area contributed by atoms with Gasteiger partial charge in [-0.15, -0.1) is 0 Å². The van der Waals surface area contributed by atoms with E-state index < -0.39 is 0 Å². The van der Waals surface area contributed by atoms with Crippen LogP contribution in [-0.4, -0.2) is 41.8 Å². The van der Waals surface area contributed by atoms with Crippen LogP contribution in [0.4, 0.5) is 4.79 Å². The van der Waals surface area contributed by atoms with Gasteiger partial charge in [0.15, 0.2) is 0 Å². The molecule has 0 aromatic rings. The smallest absolute Gasteiger partial charge is 0.410 e. The van der Waals surface area contributed by atoms with Crippen molar-refractivity contribution in [1.29, 1.82) is 0 Å². The van der Waals surface area contributed by atoms with Crippen molar-refractivity contribution in [2.75, 3.05) is 13.1 Å². The van der Waals surface area contributed by atoms with Crippen LogP contribution < -0.4 is 5.32 Å². The number of hydrogen-bond donors (Lipinski definition) is 1. The van der Waals surface area contributed by atoms with Gasteiger partial charge in [0, 0.05) is 25.2 Å². The van der Waals surface area contributed by atoms with Crippen LogP contribution in [0.3, 0.4) is 0 Å². The zero-order valence-corrected chi connectivity index (χ0v) is 13.0. The van der Waals surface area contributed by atoms with Crippen molar-refractivity contribution in [2.45, 2.75) is 70.6 Å². The Morgan fingerprint density at radius 3 is 2.25 bits per heavy atom. The molecule has 1 amide bonds. The highest BCUT2D eigenvalue weighted by atomic mass is 16.6. The van der Waals surface area contributed by atoms with Crippen LogP contribution >= 0.6 is 0 Å². The number of fused-ring (bicyclic) bond motifs is 1. The molecule has 114 valence electrons. The van der Waals surface area contributed by atoms with Crippen molar-refractivity contribution in [1.82, 2.24) is 10.2 Å². The number of hydrogen-bond acceptors (Lipinski definition) is 3. The molecule has 1 aliphatic heterocycles. The normalized spacial score (nSPS) is 34.0. The Morgan fingerprint density at radius 1 is 1.10 bits per heavy atom. The first-order valence-electron chi connectivity index (χ1n) is 8.18. The highest BCUT2D eigenvalue weighted by Crippen LogP contribution is 2.46. The summed E-state index contributed by atoms with van der Waals surface area (Å²) in [5.41, 5.74) is -0.385. The molecule has 0 bridgehead atoms. The fraction of sp³-hybridized carbons (Fsp3) is 0.938. The predicted octanol–water partition coefficient (Wildman–Crippen LogP) is 2.77. The number of likely N-dealkylation sites (tertiary alicyclic amines) is 1. The summed E-state index contributed by atoms with van der Waals surface area (Å²) in [4.78, 5) is 13.9. The molecule has 1 heterocycles. The number of amides is 1. The molecule has 1 N–H and O–H groups in total. The minimum atomic E-state index is -0.385. The number of piperidine rings is 1. The first kappa shape index (κ1) is 14.2. The predicted molar refractivity (Wildman–Crippen MR) is 78.6 cm³/mol. The summed E-state index contributed by atoms with van der Waals surface area (Å²) in [6, 6.07) is 1.39. The molecule has 0 aromatic heterocycles. The second-order valence-corrected chi connectivity index (χ2v) is 7.74. The van der Waals surface area contributed by atoms with Crippen LogP contribution in [0.25, 0.3) is 0 Å². The average Bonchev–Trinajstić information content (AvgIpc) is 2.84. The largest absolute Gasteiger partial charge is 0.444 e. The van der Waals surface area contributed by atoms with Crippen molar-refractivity contribution in [3.05, 3.63) is 0 Å². The quantitative estimate of drug-likeness (QED) is 0.845. The van der Waals surface area contributed by atoms with Gasteiger partial charge in [0.2, 0.25) is 0 Å². The molecular formula is C16H28N2O2. The summed E-state index contributed by atoms with van der Waals surface area (Å²) in [6.45, 7) is 7.54. The van der Waals surface area contributed by atoms with Gasteiger partial charge in [-0.2, -0.15) is 0 Å². The molecule has 0 aromatic carbocycles. The topological polar surface area (TPSA) is 41.6 Å². The zero-order chi connectivity index (χ0) is 14.3. The lowest BCUT2D eigenvalue weighted by Gasteiger charge is -2.27. The molecule has 0 spiro atoms. The summed E-state index contributed by atoms with van der Waals surface area (Å²) >= 11 is 0. The maximum absolute atomic E-state index is 12.0. The van der Waals surface area contributed by atoms with Crippen molar-refractivity contribution in [3.8, 4) is 0 Å². The molecule has 4 heteroatoms. The molecule has 2 aliphatic carbocycles. The average molecular weight is 280 g/mol.